The van der Waals surface area contributed by atoms with Gasteiger partial charge < -0.3 is 29.3 Å². The van der Waals surface area contributed by atoms with Gasteiger partial charge in [0.2, 0.25) is 0 Å². The van der Waals surface area contributed by atoms with Crippen LogP contribution in [0.4, 0.5) is 10.5 Å². The number of benzene rings is 2. The molecule has 1 aromatic heterocycles. The lowest BCUT2D eigenvalue weighted by Gasteiger charge is -2.23. The molecule has 1 saturated heterocycles. The number of amides is 1. The highest BCUT2D eigenvalue weighted by atomic mass is 32.2. The molecule has 3 aromatic rings. The maximum Gasteiger partial charge on any atom is 0.409 e. The van der Waals surface area contributed by atoms with Crippen LogP contribution in [0.5, 0.6) is 11.5 Å². The lowest BCUT2D eigenvalue weighted by atomic mass is 10.0. The molecule has 2 aliphatic rings. The SMILES string of the molecule is CCN(CC)CCn1nc2c3c(c(NCCN4CCOC4=O)ccc31)Sc1c(OC)ccc(OC)c1-2. The zero-order chi connectivity index (χ0) is 25.2. The normalized spacial score (nSPS) is 14.4. The first-order valence-corrected chi connectivity index (χ1v) is 13.3. The van der Waals surface area contributed by atoms with Crippen LogP contribution < -0.4 is 14.8 Å². The van der Waals surface area contributed by atoms with E-state index < -0.39 is 0 Å². The number of hydrogen-bond donors (Lipinski definition) is 1. The summed E-state index contributed by atoms with van der Waals surface area (Å²) < 4.78 is 18.7. The first-order valence-electron chi connectivity index (χ1n) is 12.4. The number of carbonyl (C=O) groups excluding carboxylic acids is 1. The number of fused-ring (bicyclic) bond motifs is 2. The number of hydrogen-bond acceptors (Lipinski definition) is 8. The van der Waals surface area contributed by atoms with Crippen molar-refractivity contribution < 1.29 is 19.0 Å². The molecular weight excluding hydrogens is 478 g/mol. The predicted molar refractivity (Wildman–Crippen MR) is 142 cm³/mol. The van der Waals surface area contributed by atoms with Gasteiger partial charge in [0.15, 0.2) is 0 Å². The topological polar surface area (TPSA) is 81.1 Å². The molecule has 1 amide bonds. The molecule has 2 aliphatic heterocycles. The Hall–Kier alpha value is -3.11. The van der Waals surface area contributed by atoms with Crippen LogP contribution in [-0.2, 0) is 11.3 Å². The maximum absolute atomic E-state index is 11.8. The number of aromatic nitrogens is 2. The van der Waals surface area contributed by atoms with Gasteiger partial charge in [0.1, 0.15) is 23.8 Å². The van der Waals surface area contributed by atoms with Crippen LogP contribution in [-0.4, -0.2) is 85.8 Å². The summed E-state index contributed by atoms with van der Waals surface area (Å²) in [4.78, 5) is 18.1. The molecule has 0 spiro atoms. The molecule has 0 saturated carbocycles. The Kier molecular flexibility index (Phi) is 7.15. The van der Waals surface area contributed by atoms with Crippen molar-refractivity contribution in [2.75, 3.05) is 65.4 Å². The van der Waals surface area contributed by atoms with Crippen LogP contribution in [0.2, 0.25) is 0 Å². The molecule has 0 radical (unpaired) electrons. The zero-order valence-corrected chi connectivity index (χ0v) is 22.1. The average Bonchev–Trinajstić information content (AvgIpc) is 3.49. The predicted octanol–water partition coefficient (Wildman–Crippen LogP) is 4.39. The van der Waals surface area contributed by atoms with E-state index in [1.165, 1.54) is 0 Å². The quantitative estimate of drug-likeness (QED) is 0.318. The van der Waals surface area contributed by atoms with E-state index in [1.54, 1.807) is 30.9 Å². The summed E-state index contributed by atoms with van der Waals surface area (Å²) in [6.07, 6.45) is -0.245. The van der Waals surface area contributed by atoms with Crippen LogP contribution in [0.3, 0.4) is 0 Å². The molecule has 1 fully saturated rings. The van der Waals surface area contributed by atoms with Crippen molar-refractivity contribution in [1.82, 2.24) is 19.6 Å². The number of likely N-dealkylation sites (N-methyl/N-ethyl adjacent to an activating group) is 1. The van der Waals surface area contributed by atoms with E-state index in [-0.39, 0.29) is 6.09 Å². The standard InChI is InChI=1S/C26H33N5O4S/c1-5-29(6-2)13-14-31-18-8-7-17(27-11-12-30-15-16-35-26(30)32)24-21(18)23(28-31)22-19(33-3)9-10-20(34-4)25(22)36-24/h7-10,27H,5-6,11-16H2,1-4H3. The van der Waals surface area contributed by atoms with E-state index in [4.69, 9.17) is 19.3 Å². The smallest absolute Gasteiger partial charge is 0.409 e. The monoisotopic (exact) mass is 511 g/mol. The van der Waals surface area contributed by atoms with E-state index in [0.29, 0.717) is 26.2 Å². The Morgan fingerprint density at radius 2 is 1.86 bits per heavy atom. The molecule has 1 N–H and O–H groups in total. The molecule has 0 unspecified atom stereocenters. The first kappa shape index (κ1) is 24.6. The second-order valence-corrected chi connectivity index (χ2v) is 9.76. The molecule has 9 nitrogen and oxygen atoms in total. The lowest BCUT2D eigenvalue weighted by molar-refractivity contribution is 0.159. The number of methoxy groups -OCH3 is 2. The summed E-state index contributed by atoms with van der Waals surface area (Å²) >= 11 is 1.68. The third kappa shape index (κ3) is 4.32. The van der Waals surface area contributed by atoms with Gasteiger partial charge in [-0.25, -0.2) is 4.79 Å². The Labute approximate surface area is 215 Å². The fourth-order valence-corrected chi connectivity index (χ4v) is 6.17. The molecule has 192 valence electrons. The van der Waals surface area contributed by atoms with E-state index in [0.717, 1.165) is 75.3 Å². The number of nitrogens with one attached hydrogen (secondary N) is 1. The van der Waals surface area contributed by atoms with Gasteiger partial charge in [-0.3, -0.25) is 4.68 Å². The van der Waals surface area contributed by atoms with Crippen LogP contribution in [0.25, 0.3) is 22.2 Å². The molecule has 5 rings (SSSR count). The fourth-order valence-electron chi connectivity index (χ4n) is 4.87. The van der Waals surface area contributed by atoms with Gasteiger partial charge in [-0.2, -0.15) is 5.10 Å². The van der Waals surface area contributed by atoms with Crippen molar-refractivity contribution in [3.63, 3.8) is 0 Å². The summed E-state index contributed by atoms with van der Waals surface area (Å²) in [6.45, 7) is 10.4. The molecule has 0 aliphatic carbocycles. The third-order valence-electron chi connectivity index (χ3n) is 6.90. The van der Waals surface area contributed by atoms with E-state index in [9.17, 15) is 4.79 Å². The lowest BCUT2D eigenvalue weighted by Crippen LogP contribution is -2.29. The van der Waals surface area contributed by atoms with Crippen LogP contribution in [0, 0.1) is 0 Å². The van der Waals surface area contributed by atoms with Crippen LogP contribution in [0.1, 0.15) is 13.8 Å². The summed E-state index contributed by atoms with van der Waals surface area (Å²) in [5.74, 6) is 1.58. The van der Waals surface area contributed by atoms with Crippen LogP contribution >= 0.6 is 11.8 Å². The molecular formula is C26H33N5O4S. The number of anilines is 1. The third-order valence-corrected chi connectivity index (χ3v) is 8.14. The highest BCUT2D eigenvalue weighted by molar-refractivity contribution is 8.00. The second kappa shape index (κ2) is 10.5. The van der Waals surface area contributed by atoms with Crippen molar-refractivity contribution in [2.45, 2.75) is 30.2 Å². The largest absolute Gasteiger partial charge is 0.496 e. The first-order chi connectivity index (χ1) is 17.6. The summed E-state index contributed by atoms with van der Waals surface area (Å²) in [5, 5.41) is 9.79. The highest BCUT2D eigenvalue weighted by Gasteiger charge is 2.31. The Morgan fingerprint density at radius 3 is 2.56 bits per heavy atom. The number of carbonyl (C=O) groups is 1. The minimum Gasteiger partial charge on any atom is -0.496 e. The van der Waals surface area contributed by atoms with Gasteiger partial charge in [-0.1, -0.05) is 25.6 Å². The van der Waals surface area contributed by atoms with Crippen molar-refractivity contribution in [1.29, 1.82) is 0 Å². The zero-order valence-electron chi connectivity index (χ0n) is 21.3. The Morgan fingerprint density at radius 1 is 1.08 bits per heavy atom. The Bertz CT molecular complexity index is 1270. The number of cyclic esters (lactones) is 1. The molecule has 3 heterocycles. The number of ether oxygens (including phenoxy) is 3. The van der Waals surface area contributed by atoms with Gasteiger partial charge >= 0.3 is 6.09 Å². The molecule has 0 bridgehead atoms. The molecule has 2 aromatic carbocycles. The van der Waals surface area contributed by atoms with Gasteiger partial charge in [0.25, 0.3) is 0 Å². The summed E-state index contributed by atoms with van der Waals surface area (Å²) in [7, 11) is 3.38. The van der Waals surface area contributed by atoms with Crippen molar-refractivity contribution in [3.8, 4) is 22.8 Å². The van der Waals surface area contributed by atoms with Crippen molar-refractivity contribution in [2.24, 2.45) is 0 Å². The second-order valence-electron chi connectivity index (χ2n) is 8.74. The van der Waals surface area contributed by atoms with E-state index in [2.05, 4.69) is 40.9 Å². The average molecular weight is 512 g/mol. The maximum atomic E-state index is 11.8. The van der Waals surface area contributed by atoms with E-state index >= 15 is 0 Å². The molecule has 0 atom stereocenters. The number of rotatable bonds is 11. The Balaban J connectivity index is 1.56. The minimum absolute atomic E-state index is 0.245. The van der Waals surface area contributed by atoms with Gasteiger partial charge in [-0.05, 0) is 37.4 Å². The fraction of sp³-hybridized carbons (Fsp3) is 0.462. The van der Waals surface area contributed by atoms with Crippen molar-refractivity contribution in [3.05, 3.63) is 24.3 Å². The van der Waals surface area contributed by atoms with Crippen molar-refractivity contribution >= 4 is 34.4 Å². The van der Waals surface area contributed by atoms with Gasteiger partial charge in [-0.15, -0.1) is 0 Å². The summed E-state index contributed by atoms with van der Waals surface area (Å²) in [6, 6.07) is 8.15. The van der Waals surface area contributed by atoms with Crippen LogP contribution in [0.15, 0.2) is 34.1 Å². The molecule has 36 heavy (non-hydrogen) atoms. The number of nitrogens with zero attached hydrogens (tertiary/aromatic N) is 4. The van der Waals surface area contributed by atoms with Gasteiger partial charge in [0, 0.05) is 35.6 Å². The highest BCUT2D eigenvalue weighted by Crippen LogP contribution is 2.56. The van der Waals surface area contributed by atoms with E-state index in [1.807, 2.05) is 12.1 Å². The molecule has 10 heteroatoms. The summed E-state index contributed by atoms with van der Waals surface area (Å²) in [5.41, 5.74) is 4.00. The van der Waals surface area contributed by atoms with Gasteiger partial charge in [0.05, 0.1) is 43.3 Å². The minimum atomic E-state index is -0.245.